The van der Waals surface area contributed by atoms with Crippen molar-refractivity contribution in [1.29, 1.82) is 0 Å². The Morgan fingerprint density at radius 3 is 2.30 bits per heavy atom. The Hall–Kier alpha value is -2.82. The molecule has 5 heteroatoms. The van der Waals surface area contributed by atoms with Gasteiger partial charge in [-0.15, -0.1) is 0 Å². The lowest BCUT2D eigenvalue weighted by molar-refractivity contribution is -0.146. The highest BCUT2D eigenvalue weighted by atomic mass is 16.5. The normalized spacial score (nSPS) is 13.9. The lowest BCUT2D eigenvalue weighted by atomic mass is 10.1. The third-order valence-electron chi connectivity index (χ3n) is 4.71. The van der Waals surface area contributed by atoms with Gasteiger partial charge in [-0.2, -0.15) is 0 Å². The summed E-state index contributed by atoms with van der Waals surface area (Å²) in [4.78, 5) is 26.2. The van der Waals surface area contributed by atoms with E-state index < -0.39 is 5.97 Å². The molecular weight excluding hydrogens is 340 g/mol. The van der Waals surface area contributed by atoms with Crippen molar-refractivity contribution in [3.05, 3.63) is 59.7 Å². The van der Waals surface area contributed by atoms with Gasteiger partial charge in [0.05, 0.1) is 6.42 Å². The summed E-state index contributed by atoms with van der Waals surface area (Å²) in [7, 11) is 0. The molecule has 2 aromatic carbocycles. The maximum Gasteiger partial charge on any atom is 0.310 e. The Balaban J connectivity index is 1.43. The molecule has 0 saturated carbocycles. The second kappa shape index (κ2) is 9.21. The molecule has 2 aromatic rings. The van der Waals surface area contributed by atoms with Crippen molar-refractivity contribution >= 4 is 23.3 Å². The van der Waals surface area contributed by atoms with Crippen molar-refractivity contribution in [2.45, 2.75) is 32.6 Å². The number of hydrogen-bond donors (Lipinski definition) is 1. The Morgan fingerprint density at radius 1 is 0.963 bits per heavy atom. The average Bonchev–Trinajstić information content (AvgIpc) is 2.69. The fourth-order valence-corrected chi connectivity index (χ4v) is 3.17. The molecule has 3 rings (SSSR count). The number of esters is 1. The van der Waals surface area contributed by atoms with Crippen molar-refractivity contribution in [3.63, 3.8) is 0 Å². The third-order valence-corrected chi connectivity index (χ3v) is 4.71. The van der Waals surface area contributed by atoms with Crippen LogP contribution in [0.4, 0.5) is 11.4 Å². The highest BCUT2D eigenvalue weighted by molar-refractivity contribution is 5.93. The average molecular weight is 366 g/mol. The van der Waals surface area contributed by atoms with Crippen LogP contribution in [0, 0.1) is 6.92 Å². The summed E-state index contributed by atoms with van der Waals surface area (Å²) in [6.07, 6.45) is 3.92. The van der Waals surface area contributed by atoms with Crippen LogP contribution in [0.15, 0.2) is 48.5 Å². The summed E-state index contributed by atoms with van der Waals surface area (Å²) in [5, 5.41) is 2.76. The van der Waals surface area contributed by atoms with Gasteiger partial charge in [0.1, 0.15) is 0 Å². The summed E-state index contributed by atoms with van der Waals surface area (Å²) >= 11 is 0. The van der Waals surface area contributed by atoms with Crippen LogP contribution in [0.3, 0.4) is 0 Å². The second-order valence-electron chi connectivity index (χ2n) is 6.97. The SMILES string of the molecule is Cc1ccc(CC(=O)OCC(=O)Nc2ccc(N3CCCCC3)cc2)cc1. The van der Waals surface area contributed by atoms with E-state index in [-0.39, 0.29) is 18.9 Å². The zero-order valence-corrected chi connectivity index (χ0v) is 15.7. The summed E-state index contributed by atoms with van der Waals surface area (Å²) in [5.74, 6) is -0.743. The number of hydrogen-bond acceptors (Lipinski definition) is 4. The molecule has 1 N–H and O–H groups in total. The van der Waals surface area contributed by atoms with Crippen molar-refractivity contribution in [2.24, 2.45) is 0 Å². The Labute approximate surface area is 160 Å². The maximum absolute atomic E-state index is 12.0. The fourth-order valence-electron chi connectivity index (χ4n) is 3.17. The van der Waals surface area contributed by atoms with E-state index in [9.17, 15) is 9.59 Å². The van der Waals surface area contributed by atoms with Gasteiger partial charge in [0.2, 0.25) is 0 Å². The van der Waals surface area contributed by atoms with E-state index >= 15 is 0 Å². The van der Waals surface area contributed by atoms with Gasteiger partial charge in [-0.1, -0.05) is 29.8 Å². The van der Waals surface area contributed by atoms with Crippen molar-refractivity contribution in [3.8, 4) is 0 Å². The van der Waals surface area contributed by atoms with Crippen LogP contribution in [0.1, 0.15) is 30.4 Å². The molecule has 0 spiro atoms. The Bertz CT molecular complexity index is 763. The molecule has 1 fully saturated rings. The van der Waals surface area contributed by atoms with Crippen molar-refractivity contribution < 1.29 is 14.3 Å². The first kappa shape index (κ1) is 19.0. The predicted octanol–water partition coefficient (Wildman–Crippen LogP) is 3.71. The number of benzene rings is 2. The molecule has 1 saturated heterocycles. The van der Waals surface area contributed by atoms with Gasteiger partial charge in [-0.25, -0.2) is 0 Å². The first-order valence-corrected chi connectivity index (χ1v) is 9.46. The zero-order chi connectivity index (χ0) is 19.1. The van der Waals surface area contributed by atoms with Gasteiger partial charge in [-0.3, -0.25) is 9.59 Å². The smallest absolute Gasteiger partial charge is 0.310 e. The van der Waals surface area contributed by atoms with E-state index in [1.807, 2.05) is 55.5 Å². The van der Waals surface area contributed by atoms with Crippen LogP contribution in [-0.4, -0.2) is 31.6 Å². The second-order valence-corrected chi connectivity index (χ2v) is 6.97. The first-order valence-electron chi connectivity index (χ1n) is 9.46. The number of piperidine rings is 1. The molecule has 5 nitrogen and oxygen atoms in total. The van der Waals surface area contributed by atoms with Crippen LogP contribution in [0.2, 0.25) is 0 Å². The van der Waals surface area contributed by atoms with Gasteiger partial charge in [-0.05, 0) is 56.0 Å². The first-order chi connectivity index (χ1) is 13.1. The Kier molecular flexibility index (Phi) is 6.47. The van der Waals surface area contributed by atoms with Crippen molar-refractivity contribution in [1.82, 2.24) is 0 Å². The minimum Gasteiger partial charge on any atom is -0.455 e. The number of carbonyl (C=O) groups excluding carboxylic acids is 2. The quantitative estimate of drug-likeness (QED) is 0.792. The van der Waals surface area contributed by atoms with Crippen molar-refractivity contribution in [2.75, 3.05) is 29.9 Å². The minimum atomic E-state index is -0.408. The van der Waals surface area contributed by atoms with Crippen LogP contribution in [0.5, 0.6) is 0 Å². The Morgan fingerprint density at radius 2 is 1.63 bits per heavy atom. The molecule has 27 heavy (non-hydrogen) atoms. The molecule has 0 atom stereocenters. The van der Waals surface area contributed by atoms with E-state index in [1.165, 1.54) is 24.9 Å². The summed E-state index contributed by atoms with van der Waals surface area (Å²) < 4.78 is 5.07. The molecule has 142 valence electrons. The van der Waals surface area contributed by atoms with E-state index in [0.29, 0.717) is 5.69 Å². The van der Waals surface area contributed by atoms with Gasteiger partial charge >= 0.3 is 5.97 Å². The van der Waals surface area contributed by atoms with Crippen LogP contribution in [0.25, 0.3) is 0 Å². The molecule has 0 unspecified atom stereocenters. The van der Waals surface area contributed by atoms with E-state index in [0.717, 1.165) is 24.2 Å². The number of nitrogens with one attached hydrogen (secondary N) is 1. The topological polar surface area (TPSA) is 58.6 Å². The fraction of sp³-hybridized carbons (Fsp3) is 0.364. The number of amides is 1. The maximum atomic E-state index is 12.0. The molecule has 1 heterocycles. The molecule has 1 aliphatic rings. The largest absolute Gasteiger partial charge is 0.455 e. The lowest BCUT2D eigenvalue weighted by Crippen LogP contribution is -2.29. The van der Waals surface area contributed by atoms with E-state index in [2.05, 4.69) is 10.2 Å². The highest BCUT2D eigenvalue weighted by Gasteiger charge is 2.12. The van der Waals surface area contributed by atoms with Crippen LogP contribution >= 0.6 is 0 Å². The number of rotatable bonds is 6. The number of ether oxygens (including phenoxy) is 1. The van der Waals surface area contributed by atoms with Gasteiger partial charge in [0.15, 0.2) is 6.61 Å². The van der Waals surface area contributed by atoms with Gasteiger partial charge in [0.25, 0.3) is 5.91 Å². The molecule has 0 aromatic heterocycles. The molecule has 0 aliphatic carbocycles. The number of anilines is 2. The van der Waals surface area contributed by atoms with Gasteiger partial charge in [0, 0.05) is 24.5 Å². The molecule has 0 bridgehead atoms. The van der Waals surface area contributed by atoms with Crippen LogP contribution in [-0.2, 0) is 20.7 Å². The molecular formula is C22H26N2O3. The number of nitrogens with zero attached hydrogens (tertiary/aromatic N) is 1. The number of aryl methyl sites for hydroxylation is 1. The van der Waals surface area contributed by atoms with E-state index in [1.54, 1.807) is 0 Å². The van der Waals surface area contributed by atoms with E-state index in [4.69, 9.17) is 4.74 Å². The highest BCUT2D eigenvalue weighted by Crippen LogP contribution is 2.21. The lowest BCUT2D eigenvalue weighted by Gasteiger charge is -2.28. The summed E-state index contributed by atoms with van der Waals surface area (Å²) in [5.41, 5.74) is 3.89. The predicted molar refractivity (Wildman–Crippen MR) is 107 cm³/mol. The van der Waals surface area contributed by atoms with Crippen LogP contribution < -0.4 is 10.2 Å². The van der Waals surface area contributed by atoms with Gasteiger partial charge < -0.3 is 15.0 Å². The minimum absolute atomic E-state index is 0.165. The summed E-state index contributed by atoms with van der Waals surface area (Å²) in [6.45, 7) is 3.88. The molecule has 0 radical (unpaired) electrons. The molecule has 1 aliphatic heterocycles. The monoisotopic (exact) mass is 366 g/mol. The number of carbonyl (C=O) groups is 2. The standard InChI is InChI=1S/C22H26N2O3/c1-17-5-7-18(8-6-17)15-22(26)27-16-21(25)23-19-9-11-20(12-10-19)24-13-3-2-4-14-24/h5-12H,2-4,13-16H2,1H3,(H,23,25). The zero-order valence-electron chi connectivity index (χ0n) is 15.7. The third kappa shape index (κ3) is 5.84. The molecule has 1 amide bonds. The summed E-state index contributed by atoms with van der Waals surface area (Å²) in [6, 6.07) is 15.5.